The van der Waals surface area contributed by atoms with Crippen molar-refractivity contribution in [2.24, 2.45) is 0 Å². The van der Waals surface area contributed by atoms with E-state index in [0.717, 1.165) is 19.6 Å². The Kier molecular flexibility index (Phi) is 4.03. The van der Waals surface area contributed by atoms with Crippen LogP contribution in [0.2, 0.25) is 0 Å². The normalized spacial score (nSPS) is 23.3. The molecule has 0 spiro atoms. The van der Waals surface area contributed by atoms with Crippen LogP contribution in [0.1, 0.15) is 45.7 Å². The number of ether oxygens (including phenoxy) is 1. The van der Waals surface area contributed by atoms with Crippen molar-refractivity contribution < 1.29 is 4.74 Å². The Morgan fingerprint density at radius 1 is 1.21 bits per heavy atom. The minimum Gasteiger partial charge on any atom is -0.375 e. The van der Waals surface area contributed by atoms with Crippen LogP contribution in [0.5, 0.6) is 0 Å². The van der Waals surface area contributed by atoms with Crippen molar-refractivity contribution >= 4 is 0 Å². The molecule has 1 saturated heterocycles. The second-order valence-corrected chi connectivity index (χ2v) is 7.35. The predicted octanol–water partition coefficient (Wildman–Crippen LogP) is 3.29. The molecule has 0 bridgehead atoms. The molecule has 106 valence electrons. The second-order valence-electron chi connectivity index (χ2n) is 7.35. The van der Waals surface area contributed by atoms with E-state index in [4.69, 9.17) is 4.74 Å². The maximum absolute atomic E-state index is 5.93. The van der Waals surface area contributed by atoms with Crippen molar-refractivity contribution in [1.82, 2.24) is 5.32 Å². The summed E-state index contributed by atoms with van der Waals surface area (Å²) in [7, 11) is 0. The van der Waals surface area contributed by atoms with Gasteiger partial charge in [0, 0.05) is 12.1 Å². The summed E-state index contributed by atoms with van der Waals surface area (Å²) in [4.78, 5) is 0. The highest BCUT2D eigenvalue weighted by atomic mass is 16.5. The molecule has 1 aromatic carbocycles. The summed E-state index contributed by atoms with van der Waals surface area (Å²) >= 11 is 0. The molecule has 0 aromatic heterocycles. The first-order valence-corrected chi connectivity index (χ1v) is 7.22. The number of rotatable bonds is 2. The molecule has 2 heteroatoms. The molecule has 0 saturated carbocycles. The molecule has 1 aliphatic heterocycles. The third-order valence-corrected chi connectivity index (χ3v) is 3.77. The molecule has 0 radical (unpaired) electrons. The van der Waals surface area contributed by atoms with Crippen LogP contribution in [-0.4, -0.2) is 24.8 Å². The molecular weight excluding hydrogens is 234 g/mol. The number of benzene rings is 1. The molecule has 2 nitrogen and oxygen atoms in total. The van der Waals surface area contributed by atoms with Crippen molar-refractivity contribution in [1.29, 1.82) is 0 Å². The number of morpholine rings is 1. The first kappa shape index (κ1) is 14.5. The number of hydrogen-bond acceptors (Lipinski definition) is 2. The Hall–Kier alpha value is -0.860. The highest BCUT2D eigenvalue weighted by molar-refractivity contribution is 5.28. The maximum atomic E-state index is 5.93. The molecule has 1 unspecified atom stereocenters. The molecule has 1 aliphatic rings. The lowest BCUT2D eigenvalue weighted by Gasteiger charge is -2.36. The van der Waals surface area contributed by atoms with E-state index >= 15 is 0 Å². The van der Waals surface area contributed by atoms with Crippen LogP contribution >= 0.6 is 0 Å². The van der Waals surface area contributed by atoms with E-state index in [1.807, 2.05) is 0 Å². The van der Waals surface area contributed by atoms with Crippen molar-refractivity contribution in [3.63, 3.8) is 0 Å². The van der Waals surface area contributed by atoms with E-state index in [2.05, 4.69) is 64.2 Å². The van der Waals surface area contributed by atoms with Crippen LogP contribution < -0.4 is 5.32 Å². The average molecular weight is 261 g/mol. The van der Waals surface area contributed by atoms with E-state index in [1.165, 1.54) is 11.1 Å². The van der Waals surface area contributed by atoms with Gasteiger partial charge in [-0.05, 0) is 36.8 Å². The Labute approximate surface area is 117 Å². The lowest BCUT2D eigenvalue weighted by atomic mass is 9.86. The van der Waals surface area contributed by atoms with Gasteiger partial charge in [-0.1, -0.05) is 45.0 Å². The van der Waals surface area contributed by atoms with Crippen LogP contribution in [0.4, 0.5) is 0 Å². The van der Waals surface area contributed by atoms with Gasteiger partial charge in [0.15, 0.2) is 0 Å². The summed E-state index contributed by atoms with van der Waals surface area (Å²) in [5.74, 6) is 0. The van der Waals surface area contributed by atoms with E-state index in [-0.39, 0.29) is 11.0 Å². The monoisotopic (exact) mass is 261 g/mol. The molecule has 1 heterocycles. The smallest absolute Gasteiger partial charge is 0.0740 e. The standard InChI is InChI=1S/C17H27NO/c1-16(2,3)14-8-6-13(7-9-14)10-15-11-18-17(4,5)12-19-15/h6-9,15,18H,10-12H2,1-5H3. The quantitative estimate of drug-likeness (QED) is 0.882. The van der Waals surface area contributed by atoms with Gasteiger partial charge < -0.3 is 10.1 Å². The summed E-state index contributed by atoms with van der Waals surface area (Å²) in [6, 6.07) is 8.97. The SMILES string of the molecule is CC1(C)COC(Cc2ccc(C(C)(C)C)cc2)CN1. The van der Waals surface area contributed by atoms with Gasteiger partial charge in [0.1, 0.15) is 0 Å². The van der Waals surface area contributed by atoms with Crippen molar-refractivity contribution in [2.45, 2.75) is 58.1 Å². The first-order chi connectivity index (χ1) is 8.76. The van der Waals surface area contributed by atoms with Crippen LogP contribution in [-0.2, 0) is 16.6 Å². The predicted molar refractivity (Wildman–Crippen MR) is 80.7 cm³/mol. The highest BCUT2D eigenvalue weighted by Gasteiger charge is 2.26. The molecule has 1 atom stereocenters. The lowest BCUT2D eigenvalue weighted by Crippen LogP contribution is -2.53. The average Bonchev–Trinajstić information content (AvgIpc) is 2.31. The summed E-state index contributed by atoms with van der Waals surface area (Å²) in [6.07, 6.45) is 1.29. The molecule has 1 fully saturated rings. The van der Waals surface area contributed by atoms with Crippen molar-refractivity contribution in [2.75, 3.05) is 13.2 Å². The van der Waals surface area contributed by atoms with Crippen molar-refractivity contribution in [3.05, 3.63) is 35.4 Å². The second kappa shape index (κ2) is 5.26. The van der Waals surface area contributed by atoms with E-state index in [9.17, 15) is 0 Å². The van der Waals surface area contributed by atoms with Gasteiger partial charge in [-0.15, -0.1) is 0 Å². The fourth-order valence-corrected chi connectivity index (χ4v) is 2.36. The Morgan fingerprint density at radius 3 is 2.32 bits per heavy atom. The van der Waals surface area contributed by atoms with Gasteiger partial charge in [0.05, 0.1) is 12.7 Å². The van der Waals surface area contributed by atoms with Crippen LogP contribution in [0, 0.1) is 0 Å². The van der Waals surface area contributed by atoms with Crippen molar-refractivity contribution in [3.8, 4) is 0 Å². The lowest BCUT2D eigenvalue weighted by molar-refractivity contribution is -0.0206. The molecule has 19 heavy (non-hydrogen) atoms. The molecular formula is C17H27NO. The third kappa shape index (κ3) is 4.05. The minimum absolute atomic E-state index is 0.118. The van der Waals surface area contributed by atoms with E-state index < -0.39 is 0 Å². The summed E-state index contributed by atoms with van der Waals surface area (Å²) in [6.45, 7) is 12.8. The topological polar surface area (TPSA) is 21.3 Å². The molecule has 0 aliphatic carbocycles. The van der Waals surface area contributed by atoms with Crippen LogP contribution in [0.3, 0.4) is 0 Å². The van der Waals surface area contributed by atoms with E-state index in [1.54, 1.807) is 0 Å². The van der Waals surface area contributed by atoms with Gasteiger partial charge in [0.2, 0.25) is 0 Å². The zero-order valence-corrected chi connectivity index (χ0v) is 12.9. The minimum atomic E-state index is 0.118. The summed E-state index contributed by atoms with van der Waals surface area (Å²) < 4.78 is 5.93. The molecule has 1 aromatic rings. The first-order valence-electron chi connectivity index (χ1n) is 7.22. The zero-order valence-electron chi connectivity index (χ0n) is 12.9. The van der Waals surface area contributed by atoms with Crippen LogP contribution in [0.15, 0.2) is 24.3 Å². The molecule has 1 N–H and O–H groups in total. The van der Waals surface area contributed by atoms with Gasteiger partial charge in [-0.3, -0.25) is 0 Å². The maximum Gasteiger partial charge on any atom is 0.0740 e. The largest absolute Gasteiger partial charge is 0.375 e. The highest BCUT2D eigenvalue weighted by Crippen LogP contribution is 2.23. The Bertz CT molecular complexity index is 404. The molecule has 2 rings (SSSR count). The van der Waals surface area contributed by atoms with Gasteiger partial charge in [-0.2, -0.15) is 0 Å². The Morgan fingerprint density at radius 2 is 1.84 bits per heavy atom. The zero-order chi connectivity index (χ0) is 14.1. The fourth-order valence-electron chi connectivity index (χ4n) is 2.36. The van der Waals surface area contributed by atoms with E-state index in [0.29, 0.717) is 6.10 Å². The van der Waals surface area contributed by atoms with Crippen LogP contribution in [0.25, 0.3) is 0 Å². The third-order valence-electron chi connectivity index (χ3n) is 3.77. The summed E-state index contributed by atoms with van der Waals surface area (Å²) in [5.41, 5.74) is 3.09. The van der Waals surface area contributed by atoms with Gasteiger partial charge in [-0.25, -0.2) is 0 Å². The Balaban J connectivity index is 1.94. The van der Waals surface area contributed by atoms with Gasteiger partial charge in [0.25, 0.3) is 0 Å². The van der Waals surface area contributed by atoms with Gasteiger partial charge >= 0.3 is 0 Å². The fraction of sp³-hybridized carbons (Fsp3) is 0.647. The summed E-state index contributed by atoms with van der Waals surface area (Å²) in [5, 5.41) is 3.54. The molecule has 0 amide bonds. The number of hydrogen-bond donors (Lipinski definition) is 1. The number of nitrogens with one attached hydrogen (secondary N) is 1.